The zero-order chi connectivity index (χ0) is 13.8. The Morgan fingerprint density at radius 1 is 1.39 bits per heavy atom. The number of hydrogen-bond acceptors (Lipinski definition) is 3. The van der Waals surface area contributed by atoms with Crippen LogP contribution < -0.4 is 5.32 Å². The Labute approximate surface area is 110 Å². The summed E-state index contributed by atoms with van der Waals surface area (Å²) in [6, 6.07) is 0. The molecular formula is C14H27NO3. The molecule has 1 atom stereocenters. The second-order valence-corrected chi connectivity index (χ2v) is 6.58. The van der Waals surface area contributed by atoms with E-state index in [4.69, 9.17) is 4.74 Å². The summed E-state index contributed by atoms with van der Waals surface area (Å²) in [6.45, 7) is 9.98. The molecule has 106 valence electrons. The summed E-state index contributed by atoms with van der Waals surface area (Å²) in [5.74, 6) is 0.346. The molecule has 1 rings (SSSR count). The fraction of sp³-hybridized carbons (Fsp3) is 0.929. The van der Waals surface area contributed by atoms with Gasteiger partial charge in [-0.05, 0) is 11.3 Å². The van der Waals surface area contributed by atoms with Crippen molar-refractivity contribution in [3.05, 3.63) is 0 Å². The molecule has 1 fully saturated rings. The molecule has 0 aromatic carbocycles. The standard InChI is InChI=1S/C14H27NO3/c1-11(13(2,3)4)9-12(16)15-10-14(17)5-7-18-8-6-14/h11,17H,5-10H2,1-4H3,(H,15,16). The molecule has 1 aliphatic rings. The smallest absolute Gasteiger partial charge is 0.220 e. The first kappa shape index (κ1) is 15.4. The average molecular weight is 257 g/mol. The van der Waals surface area contributed by atoms with E-state index in [-0.39, 0.29) is 11.3 Å². The van der Waals surface area contributed by atoms with E-state index >= 15 is 0 Å². The highest BCUT2D eigenvalue weighted by atomic mass is 16.5. The average Bonchev–Trinajstić information content (AvgIpc) is 2.26. The van der Waals surface area contributed by atoms with Gasteiger partial charge < -0.3 is 15.2 Å². The first-order valence-corrected chi connectivity index (χ1v) is 6.80. The predicted octanol–water partition coefficient (Wildman–Crippen LogP) is 1.72. The van der Waals surface area contributed by atoms with Gasteiger partial charge in [-0.1, -0.05) is 27.7 Å². The lowest BCUT2D eigenvalue weighted by atomic mass is 9.80. The lowest BCUT2D eigenvalue weighted by Gasteiger charge is -2.32. The zero-order valence-corrected chi connectivity index (χ0v) is 12.1. The number of carbonyl (C=O) groups excluding carboxylic acids is 1. The van der Waals surface area contributed by atoms with Gasteiger partial charge in [-0.15, -0.1) is 0 Å². The number of aliphatic hydroxyl groups is 1. The fourth-order valence-corrected chi connectivity index (χ4v) is 1.85. The summed E-state index contributed by atoms with van der Waals surface area (Å²) in [5, 5.41) is 13.1. The molecule has 0 aromatic heterocycles. The summed E-state index contributed by atoms with van der Waals surface area (Å²) in [5.41, 5.74) is -0.647. The number of nitrogens with one attached hydrogen (secondary N) is 1. The molecule has 2 N–H and O–H groups in total. The van der Waals surface area contributed by atoms with Crippen molar-refractivity contribution < 1.29 is 14.6 Å². The summed E-state index contributed by atoms with van der Waals surface area (Å²) in [7, 11) is 0. The molecular weight excluding hydrogens is 230 g/mol. The van der Waals surface area contributed by atoms with E-state index < -0.39 is 5.60 Å². The predicted molar refractivity (Wildman–Crippen MR) is 71.2 cm³/mol. The van der Waals surface area contributed by atoms with Gasteiger partial charge in [-0.3, -0.25) is 4.79 Å². The van der Waals surface area contributed by atoms with Crippen molar-refractivity contribution in [2.75, 3.05) is 19.8 Å². The fourth-order valence-electron chi connectivity index (χ4n) is 1.85. The van der Waals surface area contributed by atoms with Gasteiger partial charge in [0.2, 0.25) is 5.91 Å². The van der Waals surface area contributed by atoms with E-state index in [2.05, 4.69) is 33.0 Å². The largest absolute Gasteiger partial charge is 0.388 e. The Kier molecular flexibility index (Phi) is 5.17. The minimum absolute atomic E-state index is 0.0253. The molecule has 1 heterocycles. The van der Waals surface area contributed by atoms with Gasteiger partial charge in [0.1, 0.15) is 0 Å². The van der Waals surface area contributed by atoms with Crippen molar-refractivity contribution in [3.63, 3.8) is 0 Å². The quantitative estimate of drug-likeness (QED) is 0.806. The van der Waals surface area contributed by atoms with Crippen LogP contribution in [-0.2, 0) is 9.53 Å². The molecule has 0 saturated carbocycles. The second-order valence-electron chi connectivity index (χ2n) is 6.58. The van der Waals surface area contributed by atoms with E-state index in [1.54, 1.807) is 0 Å². The van der Waals surface area contributed by atoms with Crippen LogP contribution in [0.25, 0.3) is 0 Å². The maximum atomic E-state index is 11.8. The molecule has 1 saturated heterocycles. The lowest BCUT2D eigenvalue weighted by Crippen LogP contribution is -2.47. The molecule has 4 nitrogen and oxygen atoms in total. The van der Waals surface area contributed by atoms with Gasteiger partial charge in [0.05, 0.1) is 5.60 Å². The maximum Gasteiger partial charge on any atom is 0.220 e. The number of ether oxygens (including phenoxy) is 1. The minimum Gasteiger partial charge on any atom is -0.388 e. The van der Waals surface area contributed by atoms with Gasteiger partial charge in [0.15, 0.2) is 0 Å². The molecule has 0 radical (unpaired) electrons. The van der Waals surface area contributed by atoms with Gasteiger partial charge in [-0.25, -0.2) is 0 Å². The molecule has 4 heteroatoms. The van der Waals surface area contributed by atoms with Crippen molar-refractivity contribution in [3.8, 4) is 0 Å². The molecule has 0 aliphatic carbocycles. The molecule has 18 heavy (non-hydrogen) atoms. The highest BCUT2D eigenvalue weighted by molar-refractivity contribution is 5.76. The van der Waals surface area contributed by atoms with Crippen LogP contribution in [0.4, 0.5) is 0 Å². The number of rotatable bonds is 4. The zero-order valence-electron chi connectivity index (χ0n) is 12.1. The van der Waals surface area contributed by atoms with E-state index in [9.17, 15) is 9.90 Å². The van der Waals surface area contributed by atoms with Crippen LogP contribution in [0.2, 0.25) is 0 Å². The van der Waals surface area contributed by atoms with Crippen LogP contribution in [-0.4, -0.2) is 36.4 Å². The Hall–Kier alpha value is -0.610. The molecule has 1 unspecified atom stereocenters. The normalized spacial score (nSPS) is 21.4. The van der Waals surface area contributed by atoms with Crippen molar-refractivity contribution in [2.24, 2.45) is 11.3 Å². The van der Waals surface area contributed by atoms with Crippen molar-refractivity contribution in [2.45, 2.75) is 52.6 Å². The van der Waals surface area contributed by atoms with Crippen LogP contribution in [0, 0.1) is 11.3 Å². The van der Waals surface area contributed by atoms with Gasteiger partial charge >= 0.3 is 0 Å². The molecule has 0 spiro atoms. The SMILES string of the molecule is CC(CC(=O)NCC1(O)CCOCC1)C(C)(C)C. The Morgan fingerprint density at radius 3 is 2.44 bits per heavy atom. The topological polar surface area (TPSA) is 58.6 Å². The third-order valence-electron chi connectivity index (χ3n) is 4.01. The highest BCUT2D eigenvalue weighted by Crippen LogP contribution is 2.28. The van der Waals surface area contributed by atoms with E-state index in [0.29, 0.717) is 44.9 Å². The van der Waals surface area contributed by atoms with Crippen LogP contribution in [0.1, 0.15) is 47.0 Å². The van der Waals surface area contributed by atoms with Crippen LogP contribution in [0.15, 0.2) is 0 Å². The molecule has 1 amide bonds. The van der Waals surface area contributed by atoms with Crippen molar-refractivity contribution >= 4 is 5.91 Å². The summed E-state index contributed by atoms with van der Waals surface area (Å²) in [6.07, 6.45) is 1.71. The van der Waals surface area contributed by atoms with E-state index in [1.807, 2.05) is 0 Å². The van der Waals surface area contributed by atoms with E-state index in [1.165, 1.54) is 0 Å². The Morgan fingerprint density at radius 2 is 1.94 bits per heavy atom. The Bertz CT molecular complexity index is 277. The Balaban J connectivity index is 2.32. The summed E-state index contributed by atoms with van der Waals surface area (Å²) >= 11 is 0. The molecule has 0 bridgehead atoms. The third kappa shape index (κ3) is 4.94. The summed E-state index contributed by atoms with van der Waals surface area (Å²) < 4.78 is 5.21. The van der Waals surface area contributed by atoms with Gasteiger partial charge in [-0.2, -0.15) is 0 Å². The van der Waals surface area contributed by atoms with Crippen LogP contribution >= 0.6 is 0 Å². The first-order valence-electron chi connectivity index (χ1n) is 6.80. The van der Waals surface area contributed by atoms with E-state index in [0.717, 1.165) is 0 Å². The third-order valence-corrected chi connectivity index (χ3v) is 4.01. The number of amides is 1. The minimum atomic E-state index is -0.779. The van der Waals surface area contributed by atoms with Gasteiger partial charge in [0, 0.05) is 39.0 Å². The number of carbonyl (C=O) groups is 1. The van der Waals surface area contributed by atoms with Crippen molar-refractivity contribution in [1.82, 2.24) is 5.32 Å². The van der Waals surface area contributed by atoms with Crippen molar-refractivity contribution in [1.29, 1.82) is 0 Å². The first-order chi connectivity index (χ1) is 8.23. The molecule has 0 aromatic rings. The maximum absolute atomic E-state index is 11.8. The second kappa shape index (κ2) is 6.02. The van der Waals surface area contributed by atoms with Crippen LogP contribution in [0.3, 0.4) is 0 Å². The molecule has 1 aliphatic heterocycles. The van der Waals surface area contributed by atoms with Crippen LogP contribution in [0.5, 0.6) is 0 Å². The monoisotopic (exact) mass is 257 g/mol. The number of hydrogen-bond donors (Lipinski definition) is 2. The lowest BCUT2D eigenvalue weighted by molar-refractivity contribution is -0.125. The highest BCUT2D eigenvalue weighted by Gasteiger charge is 2.30. The summed E-state index contributed by atoms with van der Waals surface area (Å²) in [4.78, 5) is 11.8. The van der Waals surface area contributed by atoms with Gasteiger partial charge in [0.25, 0.3) is 0 Å².